The van der Waals surface area contributed by atoms with Crippen molar-refractivity contribution in [2.24, 2.45) is 0 Å². The second-order valence-electron chi connectivity index (χ2n) is 3.05. The van der Waals surface area contributed by atoms with Crippen LogP contribution in [0.15, 0.2) is 25.3 Å². The van der Waals surface area contributed by atoms with Gasteiger partial charge in [-0.15, -0.1) is 11.3 Å². The summed E-state index contributed by atoms with van der Waals surface area (Å²) in [7, 11) is 0. The maximum absolute atomic E-state index is 3.86. The van der Waals surface area contributed by atoms with Crippen molar-refractivity contribution >= 4 is 35.6 Å². The predicted octanol–water partition coefficient (Wildman–Crippen LogP) is 3.19. The van der Waals surface area contributed by atoms with Crippen molar-refractivity contribution in [3.8, 4) is 0 Å². The molecule has 0 aliphatic carbocycles. The van der Waals surface area contributed by atoms with Gasteiger partial charge in [0.1, 0.15) is 0 Å². The largest absolute Gasteiger partial charge is 0.136 e. The summed E-state index contributed by atoms with van der Waals surface area (Å²) in [6, 6.07) is 0. The van der Waals surface area contributed by atoms with Crippen LogP contribution >= 0.6 is 11.3 Å². The SMILES string of the molecule is C=Cc1sc(=C/C)/c(=C\C=C/C)c1C=C. The summed E-state index contributed by atoms with van der Waals surface area (Å²) >= 11 is 1.75. The van der Waals surface area contributed by atoms with Crippen LogP contribution in [0.4, 0.5) is 0 Å². The van der Waals surface area contributed by atoms with Crippen molar-refractivity contribution in [2.45, 2.75) is 13.8 Å². The first-order valence-electron chi connectivity index (χ1n) is 4.95. The van der Waals surface area contributed by atoms with Gasteiger partial charge in [0.05, 0.1) is 0 Å². The Morgan fingerprint density at radius 1 is 1.13 bits per heavy atom. The Morgan fingerprint density at radius 2 is 1.87 bits per heavy atom. The van der Waals surface area contributed by atoms with E-state index >= 15 is 0 Å². The Hall–Kier alpha value is -1.34. The van der Waals surface area contributed by atoms with Crippen LogP contribution in [0.3, 0.4) is 0 Å². The molecule has 1 heteroatoms. The van der Waals surface area contributed by atoms with Crippen LogP contribution in [-0.2, 0) is 0 Å². The van der Waals surface area contributed by atoms with E-state index in [-0.39, 0.29) is 0 Å². The highest BCUT2D eigenvalue weighted by Gasteiger charge is 2.01. The lowest BCUT2D eigenvalue weighted by Gasteiger charge is -1.88. The number of allylic oxidation sites excluding steroid dienone is 2. The van der Waals surface area contributed by atoms with Gasteiger partial charge in [-0.2, -0.15) is 0 Å². The minimum atomic E-state index is 1.18. The molecule has 0 N–H and O–H groups in total. The first-order valence-corrected chi connectivity index (χ1v) is 5.77. The molecule has 0 spiro atoms. The van der Waals surface area contributed by atoms with Gasteiger partial charge < -0.3 is 0 Å². The van der Waals surface area contributed by atoms with Crippen molar-refractivity contribution in [1.82, 2.24) is 0 Å². The second-order valence-corrected chi connectivity index (χ2v) is 4.13. The topological polar surface area (TPSA) is 0 Å². The van der Waals surface area contributed by atoms with E-state index in [2.05, 4.69) is 38.3 Å². The Bertz CT molecular complexity index is 498. The molecule has 0 saturated carbocycles. The Labute approximate surface area is 95.3 Å². The standard InChI is InChI=1S/C14H16S/c1-5-9-10-12-11(6-2)13(7-3)15-14(12)8-4/h5-10H,2-3H2,1,4H3/b9-5-,12-10-,14-8+. The highest BCUT2D eigenvalue weighted by Crippen LogP contribution is 2.10. The lowest BCUT2D eigenvalue weighted by atomic mass is 10.2. The molecule has 78 valence electrons. The number of thiophene rings is 1. The van der Waals surface area contributed by atoms with E-state index < -0.39 is 0 Å². The third kappa shape index (κ3) is 2.37. The van der Waals surface area contributed by atoms with Crippen molar-refractivity contribution in [3.05, 3.63) is 45.5 Å². The van der Waals surface area contributed by atoms with E-state index in [0.717, 1.165) is 0 Å². The fourth-order valence-corrected chi connectivity index (χ4v) is 2.46. The molecule has 1 aromatic heterocycles. The minimum absolute atomic E-state index is 1.18. The molecule has 0 saturated heterocycles. The van der Waals surface area contributed by atoms with Crippen LogP contribution in [0.1, 0.15) is 24.3 Å². The third-order valence-corrected chi connectivity index (χ3v) is 3.43. The summed E-state index contributed by atoms with van der Waals surface area (Å²) in [6.45, 7) is 11.8. The highest BCUT2D eigenvalue weighted by molar-refractivity contribution is 7.11. The van der Waals surface area contributed by atoms with Gasteiger partial charge in [-0.3, -0.25) is 0 Å². The summed E-state index contributed by atoms with van der Waals surface area (Å²) in [5.74, 6) is 0. The number of hydrogen-bond acceptors (Lipinski definition) is 1. The quantitative estimate of drug-likeness (QED) is 0.728. The molecule has 0 fully saturated rings. The molecular weight excluding hydrogens is 200 g/mol. The Kier molecular flexibility index (Phi) is 4.32. The first kappa shape index (κ1) is 11.7. The zero-order chi connectivity index (χ0) is 11.3. The molecule has 1 heterocycles. The van der Waals surface area contributed by atoms with E-state index in [0.29, 0.717) is 0 Å². The monoisotopic (exact) mass is 216 g/mol. The Morgan fingerprint density at radius 3 is 2.33 bits per heavy atom. The molecule has 0 unspecified atom stereocenters. The van der Waals surface area contributed by atoms with Crippen molar-refractivity contribution in [2.75, 3.05) is 0 Å². The van der Waals surface area contributed by atoms with E-state index in [1.165, 1.54) is 20.2 Å². The molecule has 0 amide bonds. The lowest BCUT2D eigenvalue weighted by molar-refractivity contribution is 1.63. The van der Waals surface area contributed by atoms with E-state index in [9.17, 15) is 0 Å². The van der Waals surface area contributed by atoms with Gasteiger partial charge in [-0.1, -0.05) is 49.6 Å². The second kappa shape index (κ2) is 5.52. The fourth-order valence-electron chi connectivity index (χ4n) is 1.43. The van der Waals surface area contributed by atoms with Crippen LogP contribution in [0.2, 0.25) is 0 Å². The molecule has 0 aliphatic heterocycles. The van der Waals surface area contributed by atoms with E-state index in [1.54, 1.807) is 11.3 Å². The zero-order valence-corrected chi connectivity index (χ0v) is 10.1. The lowest BCUT2D eigenvalue weighted by Crippen LogP contribution is -2.19. The summed E-state index contributed by atoms with van der Waals surface area (Å²) in [5, 5.41) is 1.24. The summed E-state index contributed by atoms with van der Waals surface area (Å²) in [5.41, 5.74) is 1.18. The molecule has 0 radical (unpaired) electrons. The van der Waals surface area contributed by atoms with Gasteiger partial charge in [-0.25, -0.2) is 0 Å². The maximum Gasteiger partial charge on any atom is 0.0349 e. The summed E-state index contributed by atoms with van der Waals surface area (Å²) in [6.07, 6.45) is 12.1. The average molecular weight is 216 g/mol. The minimum Gasteiger partial charge on any atom is -0.136 e. The van der Waals surface area contributed by atoms with Crippen LogP contribution in [0.25, 0.3) is 24.3 Å². The van der Waals surface area contributed by atoms with Crippen LogP contribution < -0.4 is 9.75 Å². The first-order chi connectivity index (χ1) is 7.28. The van der Waals surface area contributed by atoms with Crippen molar-refractivity contribution < 1.29 is 0 Å². The molecule has 0 nitrogen and oxygen atoms in total. The van der Waals surface area contributed by atoms with E-state index in [1.807, 2.05) is 25.2 Å². The molecule has 0 bridgehead atoms. The fraction of sp³-hybridized carbons (Fsp3) is 0.143. The molecule has 0 atom stereocenters. The highest BCUT2D eigenvalue weighted by atomic mass is 32.1. The van der Waals surface area contributed by atoms with Crippen molar-refractivity contribution in [3.63, 3.8) is 0 Å². The van der Waals surface area contributed by atoms with Gasteiger partial charge >= 0.3 is 0 Å². The smallest absolute Gasteiger partial charge is 0.0349 e. The average Bonchev–Trinajstić information content (AvgIpc) is 2.62. The van der Waals surface area contributed by atoms with Gasteiger partial charge in [-0.05, 0) is 24.6 Å². The maximum atomic E-state index is 3.86. The van der Waals surface area contributed by atoms with Crippen LogP contribution in [0.5, 0.6) is 0 Å². The molecule has 1 aromatic rings. The summed E-state index contributed by atoms with van der Waals surface area (Å²) in [4.78, 5) is 1.19. The van der Waals surface area contributed by atoms with Crippen molar-refractivity contribution in [1.29, 1.82) is 0 Å². The number of rotatable bonds is 3. The third-order valence-electron chi connectivity index (χ3n) is 2.15. The molecule has 0 aliphatic rings. The van der Waals surface area contributed by atoms with Crippen LogP contribution in [0, 0.1) is 0 Å². The Balaban J connectivity index is 3.66. The molecule has 0 aromatic carbocycles. The molecule has 15 heavy (non-hydrogen) atoms. The number of hydrogen-bond donors (Lipinski definition) is 0. The zero-order valence-electron chi connectivity index (χ0n) is 9.29. The van der Waals surface area contributed by atoms with Crippen LogP contribution in [-0.4, -0.2) is 0 Å². The van der Waals surface area contributed by atoms with Gasteiger partial charge in [0, 0.05) is 9.41 Å². The predicted molar refractivity (Wildman–Crippen MR) is 73.2 cm³/mol. The molecular formula is C14H16S. The van der Waals surface area contributed by atoms with Gasteiger partial charge in [0.25, 0.3) is 0 Å². The summed E-state index contributed by atoms with van der Waals surface area (Å²) < 4.78 is 1.28. The molecule has 1 rings (SSSR count). The van der Waals surface area contributed by atoms with Gasteiger partial charge in [0.2, 0.25) is 0 Å². The normalized spacial score (nSPS) is 13.7. The van der Waals surface area contributed by atoms with Gasteiger partial charge in [0.15, 0.2) is 0 Å². The van der Waals surface area contributed by atoms with E-state index in [4.69, 9.17) is 0 Å².